The summed E-state index contributed by atoms with van der Waals surface area (Å²) in [5.74, 6) is 0.568. The lowest BCUT2D eigenvalue weighted by molar-refractivity contribution is 0.415. The number of hydrogen-bond donors (Lipinski definition) is 1. The molecule has 0 bridgehead atoms. The minimum absolute atomic E-state index is 0.165. The lowest BCUT2D eigenvalue weighted by atomic mass is 10.2. The van der Waals surface area contributed by atoms with E-state index in [2.05, 4.69) is 14.9 Å². The summed E-state index contributed by atoms with van der Waals surface area (Å²) >= 11 is 6.97. The number of ether oxygens (including phenoxy) is 1. The molecule has 0 atom stereocenters. The predicted octanol–water partition coefficient (Wildman–Crippen LogP) is 3.81. The van der Waals surface area contributed by atoms with Gasteiger partial charge in [0.25, 0.3) is 0 Å². The van der Waals surface area contributed by atoms with Gasteiger partial charge in [-0.25, -0.2) is 8.42 Å². The highest BCUT2D eigenvalue weighted by atomic mass is 35.5. The molecule has 0 fully saturated rings. The zero-order valence-electron chi connectivity index (χ0n) is 13.1. The molecule has 0 amide bonds. The molecule has 3 aromatic rings. The first-order valence-corrected chi connectivity index (χ1v) is 10.0. The molecule has 25 heavy (non-hydrogen) atoms. The second kappa shape index (κ2) is 7.38. The average Bonchev–Trinajstić information content (AvgIpc) is 3.04. The molecule has 0 aliphatic heterocycles. The number of benzene rings is 2. The molecule has 0 spiro atoms. The van der Waals surface area contributed by atoms with E-state index in [1.54, 1.807) is 43.5 Å². The summed E-state index contributed by atoms with van der Waals surface area (Å²) in [6.45, 7) is 0. The summed E-state index contributed by atoms with van der Waals surface area (Å²) in [6.07, 6.45) is 0. The third-order valence-corrected chi connectivity index (χ3v) is 5.76. The summed E-state index contributed by atoms with van der Waals surface area (Å²) in [5, 5.41) is 9.33. The minimum atomic E-state index is -3.59. The van der Waals surface area contributed by atoms with Crippen molar-refractivity contribution in [1.29, 1.82) is 0 Å². The van der Waals surface area contributed by atoms with E-state index in [0.29, 0.717) is 15.6 Å². The predicted molar refractivity (Wildman–Crippen MR) is 99.6 cm³/mol. The fourth-order valence-electron chi connectivity index (χ4n) is 2.08. The van der Waals surface area contributed by atoms with Gasteiger partial charge in [-0.3, -0.25) is 4.72 Å². The number of nitrogens with one attached hydrogen (secondary N) is 1. The number of sulfonamides is 1. The number of halogens is 1. The number of methoxy groups -OCH3 is 1. The summed E-state index contributed by atoms with van der Waals surface area (Å²) in [4.78, 5) is 0. The van der Waals surface area contributed by atoms with Crippen molar-refractivity contribution in [3.05, 3.63) is 59.1 Å². The van der Waals surface area contributed by atoms with E-state index in [-0.39, 0.29) is 10.9 Å². The first-order chi connectivity index (χ1) is 11.9. The van der Waals surface area contributed by atoms with Crippen molar-refractivity contribution < 1.29 is 13.2 Å². The van der Waals surface area contributed by atoms with Crippen molar-refractivity contribution in [1.82, 2.24) is 10.2 Å². The van der Waals surface area contributed by atoms with Gasteiger partial charge in [-0.1, -0.05) is 35.1 Å². The van der Waals surface area contributed by atoms with E-state index < -0.39 is 10.0 Å². The number of anilines is 1. The Balaban J connectivity index is 1.72. The van der Waals surface area contributed by atoms with Crippen molar-refractivity contribution in [2.45, 2.75) is 5.75 Å². The molecular formula is C16H14ClN3O3S2. The Morgan fingerprint density at radius 3 is 2.40 bits per heavy atom. The van der Waals surface area contributed by atoms with Crippen LogP contribution in [0.2, 0.25) is 5.02 Å². The molecular weight excluding hydrogens is 382 g/mol. The molecule has 0 saturated carbocycles. The van der Waals surface area contributed by atoms with E-state index in [1.807, 2.05) is 12.1 Å². The van der Waals surface area contributed by atoms with E-state index in [0.717, 1.165) is 22.6 Å². The van der Waals surface area contributed by atoms with Gasteiger partial charge >= 0.3 is 0 Å². The zero-order valence-corrected chi connectivity index (χ0v) is 15.5. The molecule has 0 unspecified atom stereocenters. The van der Waals surface area contributed by atoms with Gasteiger partial charge in [0, 0.05) is 10.6 Å². The third-order valence-electron chi connectivity index (χ3n) is 3.27. The third kappa shape index (κ3) is 4.68. The topological polar surface area (TPSA) is 81.2 Å². The number of hydrogen-bond acceptors (Lipinski definition) is 6. The van der Waals surface area contributed by atoms with Crippen molar-refractivity contribution in [2.24, 2.45) is 0 Å². The normalized spacial score (nSPS) is 11.3. The largest absolute Gasteiger partial charge is 0.497 e. The SMILES string of the molecule is COc1ccc(-c2nnc(NS(=O)(=O)Cc3ccc(Cl)cc3)s2)cc1. The number of nitrogens with zero attached hydrogens (tertiary/aromatic N) is 2. The summed E-state index contributed by atoms with van der Waals surface area (Å²) in [7, 11) is -1.99. The van der Waals surface area contributed by atoms with Crippen LogP contribution in [-0.2, 0) is 15.8 Å². The molecule has 1 heterocycles. The maximum atomic E-state index is 12.3. The van der Waals surface area contributed by atoms with E-state index in [9.17, 15) is 8.42 Å². The highest BCUT2D eigenvalue weighted by Gasteiger charge is 2.15. The Morgan fingerprint density at radius 1 is 1.08 bits per heavy atom. The van der Waals surface area contributed by atoms with Gasteiger partial charge in [-0.15, -0.1) is 10.2 Å². The molecule has 1 aromatic heterocycles. The van der Waals surface area contributed by atoms with Gasteiger partial charge in [-0.2, -0.15) is 0 Å². The molecule has 1 N–H and O–H groups in total. The lowest BCUT2D eigenvalue weighted by Crippen LogP contribution is -2.14. The van der Waals surface area contributed by atoms with Crippen molar-refractivity contribution in [3.8, 4) is 16.3 Å². The van der Waals surface area contributed by atoms with Crippen LogP contribution in [0.15, 0.2) is 48.5 Å². The molecule has 6 nitrogen and oxygen atoms in total. The van der Waals surface area contributed by atoms with Gasteiger partial charge in [0.05, 0.1) is 12.9 Å². The van der Waals surface area contributed by atoms with Crippen molar-refractivity contribution >= 4 is 38.1 Å². The van der Waals surface area contributed by atoms with E-state index in [4.69, 9.17) is 16.3 Å². The molecule has 0 aliphatic carbocycles. The van der Waals surface area contributed by atoms with Crippen LogP contribution < -0.4 is 9.46 Å². The summed E-state index contributed by atoms with van der Waals surface area (Å²) in [6, 6.07) is 13.9. The summed E-state index contributed by atoms with van der Waals surface area (Å²) in [5.41, 5.74) is 1.47. The fourth-order valence-corrected chi connectivity index (χ4v) is 4.37. The number of aromatic nitrogens is 2. The highest BCUT2D eigenvalue weighted by Crippen LogP contribution is 2.28. The molecule has 0 radical (unpaired) electrons. The molecule has 130 valence electrons. The monoisotopic (exact) mass is 395 g/mol. The first-order valence-electron chi connectivity index (χ1n) is 7.18. The summed E-state index contributed by atoms with van der Waals surface area (Å²) < 4.78 is 32.1. The molecule has 3 rings (SSSR count). The zero-order chi connectivity index (χ0) is 17.9. The van der Waals surface area contributed by atoms with Crippen LogP contribution in [-0.4, -0.2) is 25.7 Å². The Bertz CT molecular complexity index is 955. The Kier molecular flexibility index (Phi) is 5.22. The molecule has 0 aliphatic rings. The van der Waals surface area contributed by atoms with Crippen LogP contribution in [0.25, 0.3) is 10.6 Å². The van der Waals surface area contributed by atoms with Crippen LogP contribution in [0.4, 0.5) is 5.13 Å². The van der Waals surface area contributed by atoms with Crippen LogP contribution in [0.1, 0.15) is 5.56 Å². The fraction of sp³-hybridized carbons (Fsp3) is 0.125. The van der Waals surface area contributed by atoms with Crippen molar-refractivity contribution in [3.63, 3.8) is 0 Å². The average molecular weight is 396 g/mol. The second-order valence-corrected chi connectivity index (χ2v) is 8.26. The molecule has 9 heteroatoms. The Hall–Kier alpha value is -2.16. The maximum absolute atomic E-state index is 12.3. The van der Waals surface area contributed by atoms with Gasteiger partial charge in [-0.05, 0) is 42.0 Å². The smallest absolute Gasteiger partial charge is 0.238 e. The maximum Gasteiger partial charge on any atom is 0.238 e. The second-order valence-electron chi connectivity index (χ2n) is 5.13. The van der Waals surface area contributed by atoms with E-state index in [1.165, 1.54) is 0 Å². The van der Waals surface area contributed by atoms with Gasteiger partial charge in [0.2, 0.25) is 15.2 Å². The van der Waals surface area contributed by atoms with Crippen LogP contribution in [0.5, 0.6) is 5.75 Å². The van der Waals surface area contributed by atoms with Crippen LogP contribution in [0.3, 0.4) is 0 Å². The first kappa shape index (κ1) is 17.7. The van der Waals surface area contributed by atoms with Gasteiger partial charge in [0.15, 0.2) is 0 Å². The molecule has 2 aromatic carbocycles. The number of rotatable bonds is 6. The molecule has 0 saturated heterocycles. The quantitative estimate of drug-likeness (QED) is 0.686. The lowest BCUT2D eigenvalue weighted by Gasteiger charge is -2.04. The standard InChI is InChI=1S/C16H14ClN3O3S2/c1-23-14-8-4-12(5-9-14)15-18-19-16(24-15)20-25(21,22)10-11-2-6-13(17)7-3-11/h2-9H,10H2,1H3,(H,19,20). The van der Waals surface area contributed by atoms with E-state index >= 15 is 0 Å². The Morgan fingerprint density at radius 2 is 1.76 bits per heavy atom. The van der Waals surface area contributed by atoms with Gasteiger partial charge < -0.3 is 4.74 Å². The Labute approximate surface area is 154 Å². The van der Waals surface area contributed by atoms with Crippen LogP contribution in [0, 0.1) is 0 Å². The highest BCUT2D eigenvalue weighted by molar-refractivity contribution is 7.92. The van der Waals surface area contributed by atoms with Crippen LogP contribution >= 0.6 is 22.9 Å². The minimum Gasteiger partial charge on any atom is -0.497 e. The van der Waals surface area contributed by atoms with Crippen molar-refractivity contribution in [2.75, 3.05) is 11.8 Å². The van der Waals surface area contributed by atoms with Gasteiger partial charge in [0.1, 0.15) is 10.8 Å².